The standard InChI is InChI=1S/C50H86N10O8.2ClH/c1-31(51-9)41(61)55-39(49(3,4)5)47(67)59-25-17-23-35(59)43(63)53-37(33-19-13-11-14-20-33)45(65)57-27-29-58(30-28-57)46(66)38(34-21-15-12-16-22-34)54-44(64)36-24-18-26-60(36)48(68)40(50(6,7)8)56-42(62)32(2)52-10;;/h31-40,51-52H,11-30H2,1-10H3,(H,53,63)(H,54,64)(H,55,61)(H,56,62);2*1H/t31-,32-,35-,36-,37-,38-,39+,40+;;/m0../s1. The van der Waals surface area contributed by atoms with Crippen LogP contribution in [0.4, 0.5) is 0 Å². The number of amides is 8. The minimum absolute atomic E-state index is 0. The van der Waals surface area contributed by atoms with Gasteiger partial charge in [-0.2, -0.15) is 0 Å². The van der Waals surface area contributed by atoms with Gasteiger partial charge in [0.1, 0.15) is 36.3 Å². The topological polar surface area (TPSA) is 222 Å². The Bertz CT molecular complexity index is 1680. The molecule has 5 fully saturated rings. The maximum absolute atomic E-state index is 14.6. The zero-order chi connectivity index (χ0) is 50.1. The highest BCUT2D eigenvalue weighted by Gasteiger charge is 2.47. The van der Waals surface area contributed by atoms with E-state index in [1.165, 1.54) is 0 Å². The number of carbonyl (C=O) groups is 8. The molecule has 3 aliphatic heterocycles. The van der Waals surface area contributed by atoms with Gasteiger partial charge in [0.05, 0.1) is 12.1 Å². The van der Waals surface area contributed by atoms with Crippen molar-refractivity contribution in [2.24, 2.45) is 22.7 Å². The first kappa shape index (κ1) is 60.6. The molecule has 18 nitrogen and oxygen atoms in total. The first-order valence-electron chi connectivity index (χ1n) is 25.8. The maximum Gasteiger partial charge on any atom is 0.246 e. The lowest BCUT2D eigenvalue weighted by atomic mass is 9.82. The maximum atomic E-state index is 14.6. The van der Waals surface area contributed by atoms with Gasteiger partial charge in [-0.25, -0.2) is 0 Å². The van der Waals surface area contributed by atoms with Crippen molar-refractivity contribution >= 4 is 72.1 Å². The summed E-state index contributed by atoms with van der Waals surface area (Å²) in [6.45, 7) is 16.5. The van der Waals surface area contributed by atoms with Crippen LogP contribution in [0.1, 0.15) is 145 Å². The van der Waals surface area contributed by atoms with Gasteiger partial charge >= 0.3 is 0 Å². The number of rotatable bonds is 16. The van der Waals surface area contributed by atoms with Crippen LogP contribution in [0, 0.1) is 22.7 Å². The lowest BCUT2D eigenvalue weighted by Crippen LogP contribution is -2.63. The van der Waals surface area contributed by atoms with Gasteiger partial charge in [-0.15, -0.1) is 24.8 Å². The van der Waals surface area contributed by atoms with E-state index in [0.717, 1.165) is 64.2 Å². The monoisotopic (exact) mass is 1030 g/mol. The molecule has 3 saturated heterocycles. The third-order valence-corrected chi connectivity index (χ3v) is 15.4. The van der Waals surface area contributed by atoms with Crippen LogP contribution >= 0.6 is 24.8 Å². The van der Waals surface area contributed by atoms with Crippen molar-refractivity contribution in [1.82, 2.24) is 51.5 Å². The van der Waals surface area contributed by atoms with Crippen molar-refractivity contribution < 1.29 is 38.4 Å². The van der Waals surface area contributed by atoms with E-state index >= 15 is 0 Å². The molecule has 8 amide bonds. The van der Waals surface area contributed by atoms with Crippen LogP contribution < -0.4 is 31.9 Å². The fourth-order valence-electron chi connectivity index (χ4n) is 10.8. The Labute approximate surface area is 430 Å². The molecule has 3 heterocycles. The fourth-order valence-corrected chi connectivity index (χ4v) is 10.8. The molecule has 2 saturated carbocycles. The first-order chi connectivity index (χ1) is 32.1. The summed E-state index contributed by atoms with van der Waals surface area (Å²) in [4.78, 5) is 119. The normalized spacial score (nSPS) is 23.1. The van der Waals surface area contributed by atoms with Crippen molar-refractivity contribution in [1.29, 1.82) is 0 Å². The lowest BCUT2D eigenvalue weighted by molar-refractivity contribution is -0.148. The van der Waals surface area contributed by atoms with E-state index < -0.39 is 59.2 Å². The molecule has 0 bridgehead atoms. The Hall–Kier alpha value is -3.74. The Balaban J connectivity index is 0.00000648. The number of halogens is 2. The zero-order valence-electron chi connectivity index (χ0n) is 43.8. The predicted octanol–water partition coefficient (Wildman–Crippen LogP) is 2.89. The summed E-state index contributed by atoms with van der Waals surface area (Å²) in [6, 6.07) is -5.89. The number of nitrogens with zero attached hydrogens (tertiary/aromatic N) is 4. The molecule has 5 rings (SSSR count). The quantitative estimate of drug-likeness (QED) is 0.133. The molecular formula is C50H88Cl2N10O8. The van der Waals surface area contributed by atoms with Crippen LogP contribution in [0.3, 0.4) is 0 Å². The summed E-state index contributed by atoms with van der Waals surface area (Å²) < 4.78 is 0. The van der Waals surface area contributed by atoms with Gasteiger partial charge in [0, 0.05) is 39.3 Å². The first-order valence-corrected chi connectivity index (χ1v) is 25.8. The molecule has 0 aromatic carbocycles. The Kier molecular flexibility index (Phi) is 23.2. The van der Waals surface area contributed by atoms with Gasteiger partial charge in [0.25, 0.3) is 0 Å². The summed E-state index contributed by atoms with van der Waals surface area (Å²) in [5.41, 5.74) is -1.26. The van der Waals surface area contributed by atoms with E-state index in [-0.39, 0.29) is 110 Å². The molecule has 0 aromatic heterocycles. The summed E-state index contributed by atoms with van der Waals surface area (Å²) in [7, 11) is 3.35. The number of likely N-dealkylation sites (N-methyl/N-ethyl adjacent to an activating group) is 2. The smallest absolute Gasteiger partial charge is 0.246 e. The second kappa shape index (κ2) is 26.8. The summed E-state index contributed by atoms with van der Waals surface area (Å²) >= 11 is 0. The molecule has 6 N–H and O–H groups in total. The van der Waals surface area contributed by atoms with E-state index in [9.17, 15) is 38.4 Å². The molecular weight excluding hydrogens is 940 g/mol. The van der Waals surface area contributed by atoms with E-state index in [2.05, 4.69) is 31.9 Å². The molecule has 2 aliphatic carbocycles. The molecule has 20 heteroatoms. The van der Waals surface area contributed by atoms with Gasteiger partial charge in [-0.05, 0) is 102 Å². The van der Waals surface area contributed by atoms with Crippen LogP contribution in [0.25, 0.3) is 0 Å². The molecule has 5 aliphatic rings. The second-order valence-electron chi connectivity index (χ2n) is 22.4. The number of carbonyl (C=O) groups excluding carboxylic acids is 8. The third-order valence-electron chi connectivity index (χ3n) is 15.4. The van der Waals surface area contributed by atoms with Crippen LogP contribution in [0.5, 0.6) is 0 Å². The van der Waals surface area contributed by atoms with E-state index in [1.54, 1.807) is 47.5 Å². The Morgan fingerprint density at radius 2 is 0.743 bits per heavy atom. The summed E-state index contributed by atoms with van der Waals surface area (Å²) in [5, 5.41) is 18.0. The number of nitrogens with one attached hydrogen (secondary N) is 6. The van der Waals surface area contributed by atoms with Crippen LogP contribution in [-0.2, 0) is 38.4 Å². The number of hydrogen-bond acceptors (Lipinski definition) is 10. The van der Waals surface area contributed by atoms with Gasteiger partial charge in [-0.3, -0.25) is 38.4 Å². The summed E-state index contributed by atoms with van der Waals surface area (Å²) in [5.74, 6) is -2.53. The Morgan fingerprint density at radius 1 is 0.429 bits per heavy atom. The molecule has 0 aromatic rings. The molecule has 0 radical (unpaired) electrons. The Morgan fingerprint density at radius 3 is 1.03 bits per heavy atom. The minimum Gasteiger partial charge on any atom is -0.342 e. The minimum atomic E-state index is -0.860. The van der Waals surface area contributed by atoms with Crippen molar-refractivity contribution in [3.8, 4) is 0 Å². The van der Waals surface area contributed by atoms with E-state index in [4.69, 9.17) is 0 Å². The molecule has 0 spiro atoms. The van der Waals surface area contributed by atoms with Crippen molar-refractivity contribution in [2.75, 3.05) is 53.4 Å². The molecule has 8 atom stereocenters. The number of piperazine rings is 1. The highest BCUT2D eigenvalue weighted by Crippen LogP contribution is 2.32. The highest BCUT2D eigenvalue weighted by atomic mass is 35.5. The SMILES string of the molecule is CN[C@@H](C)C(=O)N[C@H](C(=O)N1CCC[C@H]1C(=O)N[C@H](C(=O)N1CCN(C(=O)[C@@H](NC(=O)[C@@H]2CCCN2C(=O)[C@@H](NC(=O)[C@H](C)NC)C(C)(C)C)C2CCCCC2)CC1)C1CCCCC1)C(C)(C)C.Cl.Cl. The average Bonchev–Trinajstić information content (AvgIpc) is 4.03. The van der Waals surface area contributed by atoms with Gasteiger partial charge < -0.3 is 51.5 Å². The fraction of sp³-hybridized carbons (Fsp3) is 0.840. The van der Waals surface area contributed by atoms with Crippen molar-refractivity contribution in [2.45, 2.75) is 194 Å². The van der Waals surface area contributed by atoms with Crippen molar-refractivity contribution in [3.05, 3.63) is 0 Å². The van der Waals surface area contributed by atoms with E-state index in [0.29, 0.717) is 38.8 Å². The van der Waals surface area contributed by atoms with Crippen LogP contribution in [-0.4, -0.2) is 169 Å². The molecule has 0 unspecified atom stereocenters. The third kappa shape index (κ3) is 15.2. The van der Waals surface area contributed by atoms with Gasteiger partial charge in [0.2, 0.25) is 47.3 Å². The van der Waals surface area contributed by atoms with E-state index in [1.807, 2.05) is 41.5 Å². The summed E-state index contributed by atoms with van der Waals surface area (Å²) in [6.07, 6.45) is 11.2. The highest BCUT2D eigenvalue weighted by molar-refractivity contribution is 5.97. The largest absolute Gasteiger partial charge is 0.342 e. The predicted molar refractivity (Wildman–Crippen MR) is 274 cm³/mol. The zero-order valence-corrected chi connectivity index (χ0v) is 45.4. The number of hydrogen-bond donors (Lipinski definition) is 6. The number of likely N-dealkylation sites (tertiary alicyclic amines) is 2. The molecule has 70 heavy (non-hydrogen) atoms. The lowest BCUT2D eigenvalue weighted by Gasteiger charge is -2.41. The van der Waals surface area contributed by atoms with Gasteiger partial charge in [-0.1, -0.05) is 80.1 Å². The second-order valence-corrected chi connectivity index (χ2v) is 22.4. The average molecular weight is 1030 g/mol. The molecule has 400 valence electrons. The van der Waals surface area contributed by atoms with Crippen LogP contribution in [0.2, 0.25) is 0 Å². The van der Waals surface area contributed by atoms with Gasteiger partial charge in [0.15, 0.2) is 0 Å². The van der Waals surface area contributed by atoms with Crippen LogP contribution in [0.15, 0.2) is 0 Å². The van der Waals surface area contributed by atoms with Crippen molar-refractivity contribution in [3.63, 3.8) is 0 Å².